The molecule has 0 saturated heterocycles. The van der Waals surface area contributed by atoms with Gasteiger partial charge in [-0.1, -0.05) is 34.1 Å². The number of benzene rings is 1. The number of rotatable bonds is 3. The Morgan fingerprint density at radius 2 is 2.18 bits per heavy atom. The Morgan fingerprint density at radius 1 is 1.47 bits per heavy atom. The molecule has 0 fully saturated rings. The minimum absolute atomic E-state index is 0.559. The molecule has 0 spiro atoms. The van der Waals surface area contributed by atoms with Crippen LogP contribution in [0.5, 0.6) is 0 Å². The lowest BCUT2D eigenvalue weighted by molar-refractivity contribution is -0.138. The first-order chi connectivity index (χ1) is 8.09. The van der Waals surface area contributed by atoms with Gasteiger partial charge < -0.3 is 5.11 Å². The topological polar surface area (TPSA) is 50.2 Å². The monoisotopic (exact) mass is 311 g/mol. The van der Waals surface area contributed by atoms with Crippen LogP contribution in [0.15, 0.2) is 34.1 Å². The number of hydrogen-bond acceptors (Lipinski definition) is 3. The molecule has 1 aromatic heterocycles. The summed E-state index contributed by atoms with van der Waals surface area (Å²) in [6.07, 6.45) is 0. The van der Waals surface area contributed by atoms with Crippen molar-refractivity contribution >= 4 is 33.2 Å². The molecule has 2 rings (SSSR count). The third-order valence-electron chi connectivity index (χ3n) is 2.41. The molecule has 1 aromatic carbocycles. The van der Waals surface area contributed by atoms with Gasteiger partial charge in [-0.2, -0.15) is 0 Å². The third kappa shape index (κ3) is 2.56. The van der Waals surface area contributed by atoms with Crippen molar-refractivity contribution in [3.63, 3.8) is 0 Å². The number of carboxylic acids is 1. The van der Waals surface area contributed by atoms with Crippen molar-refractivity contribution in [1.82, 2.24) is 4.98 Å². The Kier molecular flexibility index (Phi) is 3.59. The number of aromatic nitrogens is 1. The zero-order valence-electron chi connectivity index (χ0n) is 9.05. The maximum Gasteiger partial charge on any atom is 0.313 e. The molecule has 0 aliphatic rings. The fourth-order valence-electron chi connectivity index (χ4n) is 1.38. The molecule has 1 heterocycles. The van der Waals surface area contributed by atoms with Crippen LogP contribution in [0.4, 0.5) is 0 Å². The molecule has 1 atom stereocenters. The number of thiazole rings is 1. The van der Waals surface area contributed by atoms with Crippen molar-refractivity contribution in [2.45, 2.75) is 12.8 Å². The van der Waals surface area contributed by atoms with Gasteiger partial charge in [0.05, 0.1) is 5.69 Å². The second-order valence-electron chi connectivity index (χ2n) is 3.61. The maximum atomic E-state index is 10.9. The smallest absolute Gasteiger partial charge is 0.313 e. The number of carboxylic acid groups (broad SMARTS) is 1. The van der Waals surface area contributed by atoms with Gasteiger partial charge in [-0.25, -0.2) is 4.98 Å². The first-order valence-corrected chi connectivity index (χ1v) is 6.70. The molecule has 2 aromatic rings. The molecule has 5 heteroatoms. The molecule has 17 heavy (non-hydrogen) atoms. The minimum Gasteiger partial charge on any atom is -0.481 e. The minimum atomic E-state index is -0.849. The summed E-state index contributed by atoms with van der Waals surface area (Å²) in [7, 11) is 0. The van der Waals surface area contributed by atoms with Crippen molar-refractivity contribution in [3.8, 4) is 11.3 Å². The predicted octanol–water partition coefficient (Wildman–Crippen LogP) is 3.76. The Hall–Kier alpha value is -1.20. The second-order valence-corrected chi connectivity index (χ2v) is 5.35. The largest absolute Gasteiger partial charge is 0.481 e. The molecular weight excluding hydrogens is 302 g/mol. The van der Waals surface area contributed by atoms with Crippen LogP contribution in [0.1, 0.15) is 17.8 Å². The average Bonchev–Trinajstić information content (AvgIpc) is 2.77. The van der Waals surface area contributed by atoms with Crippen LogP contribution in [0.2, 0.25) is 0 Å². The van der Waals surface area contributed by atoms with Gasteiger partial charge in [0, 0.05) is 15.4 Å². The van der Waals surface area contributed by atoms with E-state index in [1.54, 1.807) is 6.92 Å². The molecule has 0 aliphatic carbocycles. The van der Waals surface area contributed by atoms with E-state index >= 15 is 0 Å². The highest BCUT2D eigenvalue weighted by Crippen LogP contribution is 2.31. The summed E-state index contributed by atoms with van der Waals surface area (Å²) in [4.78, 5) is 15.2. The maximum absolute atomic E-state index is 10.9. The van der Waals surface area contributed by atoms with Gasteiger partial charge in [0.25, 0.3) is 0 Å². The Bertz CT molecular complexity index is 553. The van der Waals surface area contributed by atoms with Gasteiger partial charge in [0.1, 0.15) is 10.9 Å². The summed E-state index contributed by atoms with van der Waals surface area (Å²) in [5, 5.41) is 11.4. The van der Waals surface area contributed by atoms with E-state index in [1.807, 2.05) is 29.6 Å². The fourth-order valence-corrected chi connectivity index (χ4v) is 2.74. The fraction of sp³-hybridized carbons (Fsp3) is 0.167. The summed E-state index contributed by atoms with van der Waals surface area (Å²) >= 11 is 4.83. The van der Waals surface area contributed by atoms with E-state index in [0.29, 0.717) is 5.01 Å². The summed E-state index contributed by atoms with van der Waals surface area (Å²) < 4.78 is 0.958. The number of halogens is 1. The van der Waals surface area contributed by atoms with Crippen LogP contribution in [-0.4, -0.2) is 16.1 Å². The molecule has 0 saturated carbocycles. The predicted molar refractivity (Wildman–Crippen MR) is 71.3 cm³/mol. The Balaban J connectivity index is 2.37. The molecular formula is C12H10BrNO2S. The molecule has 3 nitrogen and oxygen atoms in total. The zero-order chi connectivity index (χ0) is 12.4. The summed E-state index contributed by atoms with van der Waals surface area (Å²) in [5.41, 5.74) is 1.79. The SMILES string of the molecule is CC(C(=O)O)c1nc(-c2ccccc2Br)cs1. The normalized spacial score (nSPS) is 12.4. The van der Waals surface area contributed by atoms with Gasteiger partial charge in [0.2, 0.25) is 0 Å². The van der Waals surface area contributed by atoms with Crippen molar-refractivity contribution < 1.29 is 9.90 Å². The van der Waals surface area contributed by atoms with E-state index in [2.05, 4.69) is 20.9 Å². The van der Waals surface area contributed by atoms with Crippen LogP contribution in [-0.2, 0) is 4.79 Å². The van der Waals surface area contributed by atoms with Gasteiger partial charge in [-0.15, -0.1) is 11.3 Å². The lowest BCUT2D eigenvalue weighted by Crippen LogP contribution is -2.06. The summed E-state index contributed by atoms with van der Waals surface area (Å²) in [6.45, 7) is 1.64. The van der Waals surface area contributed by atoms with Gasteiger partial charge >= 0.3 is 5.97 Å². The summed E-state index contributed by atoms with van der Waals surface area (Å²) in [6, 6.07) is 7.75. The highest BCUT2D eigenvalue weighted by atomic mass is 79.9. The number of aliphatic carboxylic acids is 1. The van der Waals surface area contributed by atoms with Gasteiger partial charge in [-0.05, 0) is 13.0 Å². The van der Waals surface area contributed by atoms with Crippen molar-refractivity contribution in [2.75, 3.05) is 0 Å². The van der Waals surface area contributed by atoms with Crippen LogP contribution >= 0.6 is 27.3 Å². The standard InChI is InChI=1S/C12H10BrNO2S/c1-7(12(15)16)11-14-10(6-17-11)8-4-2-3-5-9(8)13/h2-7H,1H3,(H,15,16). The zero-order valence-corrected chi connectivity index (χ0v) is 11.5. The van der Waals surface area contributed by atoms with Crippen LogP contribution in [0.3, 0.4) is 0 Å². The molecule has 0 amide bonds. The van der Waals surface area contributed by atoms with Gasteiger partial charge in [-0.3, -0.25) is 4.79 Å². The molecule has 0 aliphatic heterocycles. The highest BCUT2D eigenvalue weighted by molar-refractivity contribution is 9.10. The van der Waals surface area contributed by atoms with E-state index < -0.39 is 11.9 Å². The van der Waals surface area contributed by atoms with Crippen molar-refractivity contribution in [1.29, 1.82) is 0 Å². The molecule has 1 unspecified atom stereocenters. The van der Waals surface area contributed by atoms with Crippen molar-refractivity contribution in [2.24, 2.45) is 0 Å². The highest BCUT2D eigenvalue weighted by Gasteiger charge is 2.18. The Labute approximate surface area is 111 Å². The molecule has 0 bridgehead atoms. The lowest BCUT2D eigenvalue weighted by Gasteiger charge is -2.01. The lowest BCUT2D eigenvalue weighted by atomic mass is 10.1. The summed E-state index contributed by atoms with van der Waals surface area (Å²) in [5.74, 6) is -1.41. The van der Waals surface area contributed by atoms with E-state index in [9.17, 15) is 4.79 Å². The second kappa shape index (κ2) is 4.98. The Morgan fingerprint density at radius 3 is 2.82 bits per heavy atom. The van der Waals surface area contributed by atoms with E-state index in [0.717, 1.165) is 15.7 Å². The molecule has 88 valence electrons. The van der Waals surface area contributed by atoms with E-state index in [4.69, 9.17) is 5.11 Å². The van der Waals surface area contributed by atoms with Crippen molar-refractivity contribution in [3.05, 3.63) is 39.1 Å². The van der Waals surface area contributed by atoms with Gasteiger partial charge in [0.15, 0.2) is 0 Å². The van der Waals surface area contributed by atoms with E-state index in [1.165, 1.54) is 11.3 Å². The molecule has 0 radical (unpaired) electrons. The molecule has 1 N–H and O–H groups in total. The number of carbonyl (C=O) groups is 1. The van der Waals surface area contributed by atoms with Crippen LogP contribution < -0.4 is 0 Å². The first-order valence-electron chi connectivity index (χ1n) is 5.02. The van der Waals surface area contributed by atoms with E-state index in [-0.39, 0.29) is 0 Å². The quantitative estimate of drug-likeness (QED) is 0.939. The average molecular weight is 312 g/mol. The first kappa shape index (κ1) is 12.3. The van der Waals surface area contributed by atoms with Crippen LogP contribution in [0, 0.1) is 0 Å². The number of nitrogens with zero attached hydrogens (tertiary/aromatic N) is 1. The van der Waals surface area contributed by atoms with Crippen LogP contribution in [0.25, 0.3) is 11.3 Å². The third-order valence-corrected chi connectivity index (χ3v) is 4.13. The number of hydrogen-bond donors (Lipinski definition) is 1.